The fourth-order valence-corrected chi connectivity index (χ4v) is 2.13. The van der Waals surface area contributed by atoms with Crippen molar-refractivity contribution in [3.8, 4) is 0 Å². The highest BCUT2D eigenvalue weighted by molar-refractivity contribution is 7.98. The van der Waals surface area contributed by atoms with Gasteiger partial charge in [0.05, 0.1) is 6.04 Å². The number of carbonyl (C=O) groups excluding carboxylic acids is 2. The van der Waals surface area contributed by atoms with Crippen LogP contribution in [0.1, 0.15) is 13.3 Å². The lowest BCUT2D eigenvalue weighted by Crippen LogP contribution is -2.36. The SMILES string of the molecule is COC(C)C(=O)Nc1cccc(NC(=O)[C@@H](N)CCSC)c1. The second-order valence-corrected chi connectivity index (χ2v) is 5.81. The molecular weight excluding hydrogens is 302 g/mol. The summed E-state index contributed by atoms with van der Waals surface area (Å²) in [6, 6.07) is 6.37. The van der Waals surface area contributed by atoms with Crippen molar-refractivity contribution >= 4 is 35.0 Å². The van der Waals surface area contributed by atoms with Crippen molar-refractivity contribution in [2.75, 3.05) is 29.8 Å². The predicted octanol–water partition coefficient (Wildman–Crippen LogP) is 1.68. The number of ether oxygens (including phenoxy) is 1. The minimum absolute atomic E-state index is 0.234. The summed E-state index contributed by atoms with van der Waals surface area (Å²) in [5.41, 5.74) is 6.99. The topological polar surface area (TPSA) is 93.5 Å². The van der Waals surface area contributed by atoms with Gasteiger partial charge in [-0.2, -0.15) is 11.8 Å². The van der Waals surface area contributed by atoms with Gasteiger partial charge in [0.25, 0.3) is 5.91 Å². The summed E-state index contributed by atoms with van der Waals surface area (Å²) in [7, 11) is 1.47. The molecular formula is C15H23N3O3S. The van der Waals surface area contributed by atoms with E-state index < -0.39 is 12.1 Å². The van der Waals surface area contributed by atoms with E-state index in [-0.39, 0.29) is 11.8 Å². The van der Waals surface area contributed by atoms with Gasteiger partial charge in [0.1, 0.15) is 6.10 Å². The normalized spacial score (nSPS) is 13.3. The van der Waals surface area contributed by atoms with E-state index in [1.54, 1.807) is 43.0 Å². The maximum absolute atomic E-state index is 12.0. The Morgan fingerprint density at radius 3 is 2.41 bits per heavy atom. The molecule has 22 heavy (non-hydrogen) atoms. The molecule has 1 aromatic rings. The highest BCUT2D eigenvalue weighted by Gasteiger charge is 2.14. The summed E-state index contributed by atoms with van der Waals surface area (Å²) in [5, 5.41) is 5.47. The molecule has 2 atom stereocenters. The van der Waals surface area contributed by atoms with E-state index in [9.17, 15) is 9.59 Å². The molecule has 2 amide bonds. The average Bonchev–Trinajstić information content (AvgIpc) is 2.51. The molecule has 0 aliphatic heterocycles. The molecule has 122 valence electrons. The zero-order valence-electron chi connectivity index (χ0n) is 13.1. The van der Waals surface area contributed by atoms with E-state index in [0.717, 1.165) is 5.75 Å². The Hall–Kier alpha value is -1.57. The lowest BCUT2D eigenvalue weighted by Gasteiger charge is -2.14. The molecule has 7 heteroatoms. The van der Waals surface area contributed by atoms with Gasteiger partial charge in [0.2, 0.25) is 5.91 Å². The van der Waals surface area contributed by atoms with Gasteiger partial charge in [-0.05, 0) is 43.6 Å². The number of hydrogen-bond donors (Lipinski definition) is 3. The van der Waals surface area contributed by atoms with Gasteiger partial charge < -0.3 is 21.1 Å². The maximum atomic E-state index is 12.0. The van der Waals surface area contributed by atoms with E-state index in [4.69, 9.17) is 10.5 Å². The summed E-state index contributed by atoms with van der Waals surface area (Å²) in [5.74, 6) is 0.352. The molecule has 0 heterocycles. The van der Waals surface area contributed by atoms with Crippen molar-refractivity contribution in [3.63, 3.8) is 0 Å². The first-order valence-electron chi connectivity index (χ1n) is 6.97. The molecule has 0 spiro atoms. The van der Waals surface area contributed by atoms with Crippen molar-refractivity contribution < 1.29 is 14.3 Å². The van der Waals surface area contributed by atoms with Crippen LogP contribution in [0.3, 0.4) is 0 Å². The number of carbonyl (C=O) groups is 2. The molecule has 1 aromatic carbocycles. The Morgan fingerprint density at radius 1 is 1.27 bits per heavy atom. The number of thioether (sulfide) groups is 1. The van der Waals surface area contributed by atoms with Gasteiger partial charge in [-0.1, -0.05) is 6.07 Å². The molecule has 4 N–H and O–H groups in total. The molecule has 0 aliphatic rings. The second kappa shape index (κ2) is 9.45. The fourth-order valence-electron chi connectivity index (χ4n) is 1.64. The summed E-state index contributed by atoms with van der Waals surface area (Å²) >= 11 is 1.65. The van der Waals surface area contributed by atoms with E-state index >= 15 is 0 Å². The molecule has 0 aliphatic carbocycles. The third-order valence-corrected chi connectivity index (χ3v) is 3.73. The number of nitrogens with one attached hydrogen (secondary N) is 2. The number of hydrogen-bond acceptors (Lipinski definition) is 5. The van der Waals surface area contributed by atoms with Crippen LogP contribution in [0.2, 0.25) is 0 Å². The van der Waals surface area contributed by atoms with E-state index in [1.807, 2.05) is 6.26 Å². The number of methoxy groups -OCH3 is 1. The van der Waals surface area contributed by atoms with Crippen LogP contribution >= 0.6 is 11.8 Å². The van der Waals surface area contributed by atoms with Crippen LogP contribution in [-0.4, -0.2) is 43.1 Å². The van der Waals surface area contributed by atoms with Gasteiger partial charge in [-0.25, -0.2) is 0 Å². The molecule has 6 nitrogen and oxygen atoms in total. The van der Waals surface area contributed by atoms with Crippen LogP contribution in [0.4, 0.5) is 11.4 Å². The maximum Gasteiger partial charge on any atom is 0.253 e. The molecule has 1 unspecified atom stereocenters. The van der Waals surface area contributed by atoms with Crippen LogP contribution in [-0.2, 0) is 14.3 Å². The summed E-state index contributed by atoms with van der Waals surface area (Å²) < 4.78 is 4.95. The highest BCUT2D eigenvalue weighted by atomic mass is 32.2. The third-order valence-electron chi connectivity index (χ3n) is 3.09. The first kappa shape index (κ1) is 18.5. The summed E-state index contributed by atoms with van der Waals surface area (Å²) in [6.07, 6.45) is 2.05. The van der Waals surface area contributed by atoms with Crippen LogP contribution in [0.15, 0.2) is 24.3 Å². The van der Waals surface area contributed by atoms with E-state index in [2.05, 4.69) is 10.6 Å². The van der Waals surface area contributed by atoms with Crippen molar-refractivity contribution in [2.24, 2.45) is 5.73 Å². The molecule has 0 bridgehead atoms. The van der Waals surface area contributed by atoms with Gasteiger partial charge in [0.15, 0.2) is 0 Å². The molecule has 0 radical (unpaired) electrons. The Bertz CT molecular complexity index is 511. The smallest absolute Gasteiger partial charge is 0.253 e. The van der Waals surface area contributed by atoms with E-state index in [1.165, 1.54) is 7.11 Å². The van der Waals surface area contributed by atoms with Crippen LogP contribution in [0.25, 0.3) is 0 Å². The lowest BCUT2D eigenvalue weighted by molar-refractivity contribution is -0.124. The van der Waals surface area contributed by atoms with Crippen molar-refractivity contribution in [1.29, 1.82) is 0 Å². The van der Waals surface area contributed by atoms with Crippen LogP contribution in [0.5, 0.6) is 0 Å². The standard InChI is InChI=1S/C15H23N3O3S/c1-10(21-2)14(19)17-11-5-4-6-12(9-11)18-15(20)13(16)7-8-22-3/h4-6,9-10,13H,7-8,16H2,1-3H3,(H,17,19)(H,18,20)/t10?,13-/m0/s1. The van der Waals surface area contributed by atoms with Gasteiger partial charge in [-0.3, -0.25) is 9.59 Å². The monoisotopic (exact) mass is 325 g/mol. The molecule has 0 fully saturated rings. The Morgan fingerprint density at radius 2 is 1.86 bits per heavy atom. The largest absolute Gasteiger partial charge is 0.372 e. The second-order valence-electron chi connectivity index (χ2n) is 4.83. The first-order valence-corrected chi connectivity index (χ1v) is 8.36. The molecule has 0 aromatic heterocycles. The number of amides is 2. The Balaban J connectivity index is 2.64. The molecule has 1 rings (SSSR count). The predicted molar refractivity (Wildman–Crippen MR) is 91.1 cm³/mol. The third kappa shape index (κ3) is 6.05. The van der Waals surface area contributed by atoms with Gasteiger partial charge in [-0.15, -0.1) is 0 Å². The van der Waals surface area contributed by atoms with Crippen molar-refractivity contribution in [3.05, 3.63) is 24.3 Å². The molecule has 0 saturated carbocycles. The van der Waals surface area contributed by atoms with Crippen molar-refractivity contribution in [1.82, 2.24) is 0 Å². The number of anilines is 2. The molecule has 0 saturated heterocycles. The quantitative estimate of drug-likeness (QED) is 0.676. The van der Waals surface area contributed by atoms with Crippen LogP contribution < -0.4 is 16.4 Å². The summed E-state index contributed by atoms with van der Waals surface area (Å²) in [4.78, 5) is 23.7. The highest BCUT2D eigenvalue weighted by Crippen LogP contribution is 2.16. The zero-order chi connectivity index (χ0) is 16.5. The van der Waals surface area contributed by atoms with Crippen LogP contribution in [0, 0.1) is 0 Å². The average molecular weight is 325 g/mol. The first-order chi connectivity index (χ1) is 10.5. The lowest BCUT2D eigenvalue weighted by atomic mass is 10.2. The number of benzene rings is 1. The Kier molecular flexibility index (Phi) is 7.94. The van der Waals surface area contributed by atoms with Gasteiger partial charge in [0, 0.05) is 18.5 Å². The minimum atomic E-state index is -0.543. The van der Waals surface area contributed by atoms with E-state index in [0.29, 0.717) is 17.8 Å². The minimum Gasteiger partial charge on any atom is -0.372 e. The Labute approximate surface area is 135 Å². The fraction of sp³-hybridized carbons (Fsp3) is 0.467. The van der Waals surface area contributed by atoms with Crippen molar-refractivity contribution in [2.45, 2.75) is 25.5 Å². The summed E-state index contributed by atoms with van der Waals surface area (Å²) in [6.45, 7) is 1.66. The zero-order valence-corrected chi connectivity index (χ0v) is 13.9. The number of rotatable bonds is 8. The number of nitrogens with two attached hydrogens (primary N) is 1. The van der Waals surface area contributed by atoms with Gasteiger partial charge >= 0.3 is 0 Å².